The highest BCUT2D eigenvalue weighted by Gasteiger charge is 2.43. The van der Waals surface area contributed by atoms with Crippen molar-refractivity contribution in [2.75, 3.05) is 18.5 Å². The average Bonchev–Trinajstić information content (AvgIpc) is 3.19. The SMILES string of the molecule is Cc1ccc(-c2noc([C@H]3C[C@@H]3F)n2)cc1NC(=O)c1cnc2cc(COCCO)ccn12. The molecule has 3 heterocycles. The number of carbonyl (C=O) groups is 1. The number of alkyl halides is 1. The Hall–Kier alpha value is -3.63. The number of fused-ring (bicyclic) bond motifs is 1. The zero-order chi connectivity index (χ0) is 22.9. The molecule has 2 atom stereocenters. The van der Waals surface area contributed by atoms with Gasteiger partial charge < -0.3 is 19.7 Å². The van der Waals surface area contributed by atoms with Crippen LogP contribution in [0.25, 0.3) is 17.0 Å². The molecular weight excluding hydrogens is 429 g/mol. The van der Waals surface area contributed by atoms with Crippen LogP contribution in [0.1, 0.15) is 39.8 Å². The quantitative estimate of drug-likeness (QED) is 0.395. The van der Waals surface area contributed by atoms with Crippen LogP contribution < -0.4 is 5.32 Å². The van der Waals surface area contributed by atoms with Gasteiger partial charge in [-0.2, -0.15) is 4.98 Å². The average molecular weight is 451 g/mol. The highest BCUT2D eigenvalue weighted by molar-refractivity contribution is 6.04. The van der Waals surface area contributed by atoms with Crippen LogP contribution in [0.2, 0.25) is 0 Å². The van der Waals surface area contributed by atoms with Gasteiger partial charge in [0.15, 0.2) is 0 Å². The van der Waals surface area contributed by atoms with Crippen molar-refractivity contribution in [3.63, 3.8) is 0 Å². The third-order valence-electron chi connectivity index (χ3n) is 5.53. The molecule has 1 saturated carbocycles. The first-order valence-electron chi connectivity index (χ1n) is 10.6. The molecule has 1 amide bonds. The Kier molecular flexibility index (Phi) is 5.61. The molecule has 1 aliphatic carbocycles. The van der Waals surface area contributed by atoms with Gasteiger partial charge in [0, 0.05) is 17.4 Å². The van der Waals surface area contributed by atoms with Crippen molar-refractivity contribution < 1.29 is 23.6 Å². The molecule has 9 nitrogen and oxygen atoms in total. The largest absolute Gasteiger partial charge is 0.394 e. The maximum Gasteiger partial charge on any atom is 0.274 e. The molecule has 4 aromatic rings. The van der Waals surface area contributed by atoms with Crippen molar-refractivity contribution in [1.82, 2.24) is 19.5 Å². The lowest BCUT2D eigenvalue weighted by molar-refractivity contribution is 0.0815. The Labute approximate surface area is 188 Å². The minimum absolute atomic E-state index is 0.0386. The molecule has 1 aliphatic rings. The molecular formula is C23H22FN5O4. The lowest BCUT2D eigenvalue weighted by Gasteiger charge is -2.10. The number of benzene rings is 1. The molecule has 3 aromatic heterocycles. The number of ether oxygens (including phenoxy) is 1. The van der Waals surface area contributed by atoms with Crippen LogP contribution in [0.3, 0.4) is 0 Å². The first-order chi connectivity index (χ1) is 16.0. The third kappa shape index (κ3) is 4.35. The van der Waals surface area contributed by atoms with E-state index in [0.29, 0.717) is 47.3 Å². The summed E-state index contributed by atoms with van der Waals surface area (Å²) in [5.74, 6) is 0.0210. The molecule has 0 saturated heterocycles. The number of amides is 1. The summed E-state index contributed by atoms with van der Waals surface area (Å²) >= 11 is 0. The Bertz CT molecular complexity index is 1320. The summed E-state index contributed by atoms with van der Waals surface area (Å²) in [5.41, 5.74) is 4.00. The predicted octanol–water partition coefficient (Wildman–Crippen LogP) is 3.28. The van der Waals surface area contributed by atoms with E-state index in [2.05, 4.69) is 20.4 Å². The zero-order valence-electron chi connectivity index (χ0n) is 17.9. The number of halogens is 1. The van der Waals surface area contributed by atoms with Crippen molar-refractivity contribution in [1.29, 1.82) is 0 Å². The summed E-state index contributed by atoms with van der Waals surface area (Å²) < 4.78 is 25.5. The van der Waals surface area contributed by atoms with Crippen LogP contribution in [-0.2, 0) is 11.3 Å². The Morgan fingerprint density at radius 3 is 3.00 bits per heavy atom. The van der Waals surface area contributed by atoms with E-state index < -0.39 is 6.17 Å². The van der Waals surface area contributed by atoms with Gasteiger partial charge in [-0.25, -0.2) is 9.37 Å². The second-order valence-electron chi connectivity index (χ2n) is 7.98. The van der Waals surface area contributed by atoms with E-state index in [1.54, 1.807) is 16.7 Å². The predicted molar refractivity (Wildman–Crippen MR) is 117 cm³/mol. The number of aromatic nitrogens is 4. The van der Waals surface area contributed by atoms with Crippen molar-refractivity contribution in [3.05, 3.63) is 65.4 Å². The van der Waals surface area contributed by atoms with Crippen LogP contribution >= 0.6 is 0 Å². The lowest BCUT2D eigenvalue weighted by atomic mass is 10.1. The number of carbonyl (C=O) groups excluding carboxylic acids is 1. The minimum atomic E-state index is -0.916. The van der Waals surface area contributed by atoms with Crippen LogP contribution in [0.15, 0.2) is 47.2 Å². The molecule has 170 valence electrons. The highest BCUT2D eigenvalue weighted by atomic mass is 19.1. The number of pyridine rings is 1. The number of aryl methyl sites for hydroxylation is 1. The summed E-state index contributed by atoms with van der Waals surface area (Å²) in [6.45, 7) is 2.45. The number of anilines is 1. The topological polar surface area (TPSA) is 115 Å². The fourth-order valence-electron chi connectivity index (χ4n) is 3.54. The summed E-state index contributed by atoms with van der Waals surface area (Å²) in [6, 6.07) is 9.11. The van der Waals surface area contributed by atoms with Gasteiger partial charge in [0.25, 0.3) is 5.91 Å². The maximum absolute atomic E-state index is 13.3. The lowest BCUT2D eigenvalue weighted by Crippen LogP contribution is -2.15. The maximum atomic E-state index is 13.3. The van der Waals surface area contributed by atoms with Crippen LogP contribution in [-0.4, -0.2) is 49.9 Å². The number of nitrogens with zero attached hydrogens (tertiary/aromatic N) is 4. The van der Waals surface area contributed by atoms with Gasteiger partial charge in [0.1, 0.15) is 17.5 Å². The Morgan fingerprint density at radius 2 is 2.21 bits per heavy atom. The summed E-state index contributed by atoms with van der Waals surface area (Å²) in [6.07, 6.45) is 2.76. The van der Waals surface area contributed by atoms with Gasteiger partial charge in [-0.05, 0) is 42.7 Å². The minimum Gasteiger partial charge on any atom is -0.394 e. The fourth-order valence-corrected chi connectivity index (χ4v) is 3.54. The number of nitrogens with one attached hydrogen (secondary N) is 1. The van der Waals surface area contributed by atoms with Crippen molar-refractivity contribution in [2.24, 2.45) is 0 Å². The molecule has 10 heteroatoms. The summed E-state index contributed by atoms with van der Waals surface area (Å²) in [7, 11) is 0. The second-order valence-corrected chi connectivity index (χ2v) is 7.98. The summed E-state index contributed by atoms with van der Waals surface area (Å²) in [4.78, 5) is 21.6. The summed E-state index contributed by atoms with van der Waals surface area (Å²) in [5, 5.41) is 15.7. The third-order valence-corrected chi connectivity index (χ3v) is 5.53. The van der Waals surface area contributed by atoms with Crippen LogP contribution in [0, 0.1) is 6.92 Å². The van der Waals surface area contributed by atoms with E-state index in [9.17, 15) is 9.18 Å². The molecule has 0 radical (unpaired) electrons. The molecule has 2 N–H and O–H groups in total. The number of aliphatic hydroxyl groups excluding tert-OH is 1. The van der Waals surface area contributed by atoms with Crippen molar-refractivity contribution in [3.8, 4) is 11.4 Å². The number of rotatable bonds is 8. The Morgan fingerprint density at radius 1 is 1.36 bits per heavy atom. The van der Waals surface area contributed by atoms with Gasteiger partial charge in [-0.3, -0.25) is 9.20 Å². The monoisotopic (exact) mass is 451 g/mol. The van der Waals surface area contributed by atoms with E-state index in [1.165, 1.54) is 6.20 Å². The van der Waals surface area contributed by atoms with E-state index in [1.807, 2.05) is 31.2 Å². The molecule has 1 fully saturated rings. The highest BCUT2D eigenvalue weighted by Crippen LogP contribution is 2.43. The first-order valence-corrected chi connectivity index (χ1v) is 10.6. The van der Waals surface area contributed by atoms with Gasteiger partial charge in [-0.15, -0.1) is 0 Å². The number of imidazole rings is 1. The van der Waals surface area contributed by atoms with Crippen LogP contribution in [0.4, 0.5) is 10.1 Å². The first kappa shape index (κ1) is 21.2. The van der Waals surface area contributed by atoms with Gasteiger partial charge >= 0.3 is 0 Å². The van der Waals surface area contributed by atoms with Crippen molar-refractivity contribution in [2.45, 2.75) is 32.0 Å². The van der Waals surface area contributed by atoms with Gasteiger partial charge in [-0.1, -0.05) is 17.3 Å². The number of hydrogen-bond donors (Lipinski definition) is 2. The second kappa shape index (κ2) is 8.72. The molecule has 0 bridgehead atoms. The smallest absolute Gasteiger partial charge is 0.274 e. The zero-order valence-corrected chi connectivity index (χ0v) is 17.9. The van der Waals surface area contributed by atoms with E-state index in [-0.39, 0.29) is 25.0 Å². The van der Waals surface area contributed by atoms with Gasteiger partial charge in [0.05, 0.1) is 31.9 Å². The molecule has 33 heavy (non-hydrogen) atoms. The van der Waals surface area contributed by atoms with E-state index >= 15 is 0 Å². The molecule has 0 unspecified atom stereocenters. The molecule has 5 rings (SSSR count). The normalized spacial score (nSPS) is 17.4. The molecule has 0 aliphatic heterocycles. The van der Waals surface area contributed by atoms with Crippen LogP contribution in [0.5, 0.6) is 0 Å². The van der Waals surface area contributed by atoms with E-state index in [4.69, 9.17) is 14.4 Å². The fraction of sp³-hybridized carbons (Fsp3) is 0.304. The number of hydrogen-bond acceptors (Lipinski definition) is 7. The van der Waals surface area contributed by atoms with Gasteiger partial charge in [0.2, 0.25) is 11.7 Å². The van der Waals surface area contributed by atoms with Crippen molar-refractivity contribution >= 4 is 17.2 Å². The van der Waals surface area contributed by atoms with E-state index in [0.717, 1.165) is 11.1 Å². The number of aliphatic hydroxyl groups is 1. The molecule has 1 aromatic carbocycles. The Balaban J connectivity index is 1.34. The molecule has 0 spiro atoms. The standard InChI is InChI=1S/C23H22FN5O4/c1-13-2-3-15(21-27-23(33-28-21)16-10-17(16)24)9-18(13)26-22(31)19-11-25-20-8-14(4-5-29(19)20)12-32-7-6-30/h2-5,8-9,11,16-17,30H,6-7,10,12H2,1H3,(H,26,31)/t16-,17-/m0/s1.